The average Bonchev–Trinajstić information content (AvgIpc) is 2.59. The Balaban J connectivity index is 1.86. The maximum absolute atomic E-state index is 12.4. The molecule has 0 unspecified atom stereocenters. The fourth-order valence-electron chi connectivity index (χ4n) is 2.27. The van der Waals surface area contributed by atoms with E-state index in [2.05, 4.69) is 20.2 Å². The number of hydrogen-bond donors (Lipinski definition) is 1. The van der Waals surface area contributed by atoms with Crippen molar-refractivity contribution in [3.63, 3.8) is 0 Å². The summed E-state index contributed by atoms with van der Waals surface area (Å²) in [5.74, 6) is 0.467. The molecule has 0 aliphatic heterocycles. The molecule has 1 aromatic carbocycles. The molecular weight excluding hydrogens is 302 g/mol. The standard InChI is InChI=1S/C18H25N5O/c1-22(2)11-7-10-19-18-20-12-16(13-21-18)17(24)23(3)14-15-8-5-4-6-9-15/h4-6,8-9,12-13H,7,10-11,14H2,1-3H3,(H,19,20,21). The van der Waals surface area contributed by atoms with E-state index in [4.69, 9.17) is 0 Å². The molecular formula is C18H25N5O. The number of hydrogen-bond acceptors (Lipinski definition) is 5. The molecule has 1 heterocycles. The first kappa shape index (κ1) is 17.9. The summed E-state index contributed by atoms with van der Waals surface area (Å²) in [6.07, 6.45) is 4.16. The third-order valence-electron chi connectivity index (χ3n) is 3.57. The Kier molecular flexibility index (Phi) is 6.69. The lowest BCUT2D eigenvalue weighted by Crippen LogP contribution is -2.26. The molecule has 2 aromatic rings. The number of aromatic nitrogens is 2. The van der Waals surface area contributed by atoms with E-state index >= 15 is 0 Å². The van der Waals surface area contributed by atoms with Gasteiger partial charge in [0.05, 0.1) is 5.56 Å². The summed E-state index contributed by atoms with van der Waals surface area (Å²) in [7, 11) is 5.87. The molecule has 24 heavy (non-hydrogen) atoms. The molecule has 128 valence electrons. The van der Waals surface area contributed by atoms with Crippen LogP contribution in [-0.4, -0.2) is 59.9 Å². The van der Waals surface area contributed by atoms with Gasteiger partial charge in [-0.15, -0.1) is 0 Å². The van der Waals surface area contributed by atoms with Gasteiger partial charge < -0.3 is 15.1 Å². The predicted octanol–water partition coefficient (Wildman–Crippen LogP) is 2.11. The molecule has 0 fully saturated rings. The van der Waals surface area contributed by atoms with Crippen molar-refractivity contribution in [1.82, 2.24) is 19.8 Å². The van der Waals surface area contributed by atoms with Gasteiger partial charge in [0.25, 0.3) is 5.91 Å². The molecule has 0 saturated carbocycles. The van der Waals surface area contributed by atoms with Crippen molar-refractivity contribution in [1.29, 1.82) is 0 Å². The highest BCUT2D eigenvalue weighted by atomic mass is 16.2. The highest BCUT2D eigenvalue weighted by Crippen LogP contribution is 2.08. The third-order valence-corrected chi connectivity index (χ3v) is 3.57. The summed E-state index contributed by atoms with van der Waals surface area (Å²) < 4.78 is 0. The molecule has 1 N–H and O–H groups in total. The van der Waals surface area contributed by atoms with Crippen LogP contribution in [0, 0.1) is 0 Å². The number of rotatable bonds is 8. The lowest BCUT2D eigenvalue weighted by molar-refractivity contribution is 0.0784. The van der Waals surface area contributed by atoms with Crippen molar-refractivity contribution in [2.24, 2.45) is 0 Å². The van der Waals surface area contributed by atoms with Gasteiger partial charge in [-0.2, -0.15) is 0 Å². The van der Waals surface area contributed by atoms with E-state index in [1.54, 1.807) is 24.3 Å². The Morgan fingerprint density at radius 2 is 1.75 bits per heavy atom. The maximum Gasteiger partial charge on any atom is 0.257 e. The number of carbonyl (C=O) groups excluding carboxylic acids is 1. The molecule has 1 aromatic heterocycles. The maximum atomic E-state index is 12.4. The molecule has 1 amide bonds. The van der Waals surface area contributed by atoms with Gasteiger partial charge in [-0.25, -0.2) is 9.97 Å². The largest absolute Gasteiger partial charge is 0.354 e. The van der Waals surface area contributed by atoms with Gasteiger partial charge in [0.1, 0.15) is 0 Å². The average molecular weight is 327 g/mol. The van der Waals surface area contributed by atoms with Gasteiger partial charge >= 0.3 is 0 Å². The molecule has 0 saturated heterocycles. The van der Waals surface area contributed by atoms with E-state index in [0.717, 1.165) is 25.1 Å². The minimum Gasteiger partial charge on any atom is -0.354 e. The Morgan fingerprint density at radius 1 is 1.08 bits per heavy atom. The van der Waals surface area contributed by atoms with E-state index in [-0.39, 0.29) is 5.91 Å². The molecule has 0 atom stereocenters. The second-order valence-corrected chi connectivity index (χ2v) is 6.03. The van der Waals surface area contributed by atoms with Gasteiger partial charge in [0, 0.05) is 32.5 Å². The van der Waals surface area contributed by atoms with Crippen molar-refractivity contribution in [2.45, 2.75) is 13.0 Å². The van der Waals surface area contributed by atoms with Crippen LogP contribution in [0.2, 0.25) is 0 Å². The van der Waals surface area contributed by atoms with Crippen molar-refractivity contribution in [2.75, 3.05) is 39.5 Å². The molecule has 0 radical (unpaired) electrons. The van der Waals surface area contributed by atoms with Gasteiger partial charge in [0.15, 0.2) is 0 Å². The number of nitrogens with zero attached hydrogens (tertiary/aromatic N) is 4. The van der Waals surface area contributed by atoms with Crippen molar-refractivity contribution < 1.29 is 4.79 Å². The smallest absolute Gasteiger partial charge is 0.257 e. The first-order valence-electron chi connectivity index (χ1n) is 8.06. The lowest BCUT2D eigenvalue weighted by atomic mass is 10.2. The van der Waals surface area contributed by atoms with Crippen LogP contribution in [-0.2, 0) is 6.54 Å². The summed E-state index contributed by atoms with van der Waals surface area (Å²) in [5, 5.41) is 3.16. The zero-order valence-electron chi connectivity index (χ0n) is 14.6. The van der Waals surface area contributed by atoms with E-state index in [1.807, 2.05) is 44.4 Å². The second-order valence-electron chi connectivity index (χ2n) is 6.03. The van der Waals surface area contributed by atoms with Crippen LogP contribution >= 0.6 is 0 Å². The molecule has 0 aliphatic rings. The fraction of sp³-hybridized carbons (Fsp3) is 0.389. The van der Waals surface area contributed by atoms with Crippen molar-refractivity contribution in [3.05, 3.63) is 53.9 Å². The predicted molar refractivity (Wildman–Crippen MR) is 95.9 cm³/mol. The zero-order chi connectivity index (χ0) is 17.4. The zero-order valence-corrected chi connectivity index (χ0v) is 14.6. The van der Waals surface area contributed by atoms with E-state index in [0.29, 0.717) is 18.1 Å². The molecule has 6 nitrogen and oxygen atoms in total. The quantitative estimate of drug-likeness (QED) is 0.753. The van der Waals surface area contributed by atoms with Crippen LogP contribution < -0.4 is 5.32 Å². The van der Waals surface area contributed by atoms with Crippen LogP contribution in [0.15, 0.2) is 42.7 Å². The third kappa shape index (κ3) is 5.62. The van der Waals surface area contributed by atoms with Gasteiger partial charge in [-0.1, -0.05) is 30.3 Å². The first-order valence-corrected chi connectivity index (χ1v) is 8.06. The number of nitrogens with one attached hydrogen (secondary N) is 1. The summed E-state index contributed by atoms with van der Waals surface area (Å²) in [4.78, 5) is 24.7. The van der Waals surface area contributed by atoms with Gasteiger partial charge in [-0.3, -0.25) is 4.79 Å². The summed E-state index contributed by atoms with van der Waals surface area (Å²) in [6, 6.07) is 9.90. The minimum absolute atomic E-state index is 0.0852. The van der Waals surface area contributed by atoms with Crippen LogP contribution in [0.5, 0.6) is 0 Å². The van der Waals surface area contributed by atoms with E-state index < -0.39 is 0 Å². The molecule has 2 rings (SSSR count). The minimum atomic E-state index is -0.0852. The molecule has 0 aliphatic carbocycles. The summed E-state index contributed by atoms with van der Waals surface area (Å²) in [5.41, 5.74) is 1.58. The first-order chi connectivity index (χ1) is 11.6. The van der Waals surface area contributed by atoms with Crippen molar-refractivity contribution >= 4 is 11.9 Å². The normalized spacial score (nSPS) is 10.7. The van der Waals surface area contributed by atoms with Crippen LogP contribution in [0.1, 0.15) is 22.3 Å². The Labute approximate surface area is 143 Å². The van der Waals surface area contributed by atoms with E-state index in [9.17, 15) is 4.79 Å². The monoisotopic (exact) mass is 327 g/mol. The molecule has 6 heteroatoms. The van der Waals surface area contributed by atoms with Crippen LogP contribution in [0.3, 0.4) is 0 Å². The highest BCUT2D eigenvalue weighted by molar-refractivity contribution is 5.93. The van der Waals surface area contributed by atoms with Crippen LogP contribution in [0.4, 0.5) is 5.95 Å². The number of amides is 1. The van der Waals surface area contributed by atoms with Crippen LogP contribution in [0.25, 0.3) is 0 Å². The lowest BCUT2D eigenvalue weighted by Gasteiger charge is -2.17. The Bertz CT molecular complexity index is 628. The second kappa shape index (κ2) is 8.98. The Hall–Kier alpha value is -2.47. The topological polar surface area (TPSA) is 61.4 Å². The highest BCUT2D eigenvalue weighted by Gasteiger charge is 2.13. The number of carbonyl (C=O) groups is 1. The Morgan fingerprint density at radius 3 is 2.38 bits per heavy atom. The SMILES string of the molecule is CN(C)CCCNc1ncc(C(=O)N(C)Cc2ccccc2)cn1. The van der Waals surface area contributed by atoms with E-state index in [1.165, 1.54) is 0 Å². The summed E-state index contributed by atoms with van der Waals surface area (Å²) in [6.45, 7) is 2.37. The van der Waals surface area contributed by atoms with Gasteiger partial charge in [-0.05, 0) is 32.6 Å². The number of anilines is 1. The molecule has 0 bridgehead atoms. The van der Waals surface area contributed by atoms with Crippen molar-refractivity contribution in [3.8, 4) is 0 Å². The summed E-state index contributed by atoms with van der Waals surface area (Å²) >= 11 is 0. The van der Waals surface area contributed by atoms with Gasteiger partial charge in [0.2, 0.25) is 5.95 Å². The number of benzene rings is 1. The fourth-order valence-corrected chi connectivity index (χ4v) is 2.27. The molecule has 0 spiro atoms.